The average molecular weight is 458 g/mol. The van der Waals surface area contributed by atoms with Gasteiger partial charge in [-0.2, -0.15) is 0 Å². The summed E-state index contributed by atoms with van der Waals surface area (Å²) in [5, 5.41) is 2.97. The van der Waals surface area contributed by atoms with Crippen molar-refractivity contribution in [2.45, 2.75) is 32.1 Å². The molecule has 1 aliphatic rings. The first-order valence-electron chi connectivity index (χ1n) is 11.8. The highest BCUT2D eigenvalue weighted by Crippen LogP contribution is 2.25. The number of rotatable bonds is 7. The Bertz CT molecular complexity index is 1130. The van der Waals surface area contributed by atoms with E-state index in [1.54, 1.807) is 12.1 Å². The van der Waals surface area contributed by atoms with Gasteiger partial charge in [-0.1, -0.05) is 24.3 Å². The van der Waals surface area contributed by atoms with Crippen molar-refractivity contribution in [3.63, 3.8) is 0 Å². The molecule has 3 aromatic carbocycles. The van der Waals surface area contributed by atoms with E-state index < -0.39 is 0 Å². The van der Waals surface area contributed by atoms with Crippen molar-refractivity contribution in [3.8, 4) is 0 Å². The summed E-state index contributed by atoms with van der Waals surface area (Å²) in [5.74, 6) is -0.529. The molecule has 1 saturated heterocycles. The highest BCUT2D eigenvalue weighted by atomic mass is 16.5. The summed E-state index contributed by atoms with van der Waals surface area (Å²) in [7, 11) is 1.38. The average Bonchev–Trinajstić information content (AvgIpc) is 2.89. The van der Waals surface area contributed by atoms with Crippen LogP contribution in [0.4, 0.5) is 17.1 Å². The lowest BCUT2D eigenvalue weighted by molar-refractivity contribution is 0.0600. The zero-order valence-corrected chi connectivity index (χ0v) is 19.5. The summed E-state index contributed by atoms with van der Waals surface area (Å²) in [6, 6.07) is 21.0. The maximum Gasteiger partial charge on any atom is 0.337 e. The van der Waals surface area contributed by atoms with Crippen LogP contribution >= 0.6 is 0 Å². The lowest BCUT2D eigenvalue weighted by Crippen LogP contribution is -2.29. The van der Waals surface area contributed by atoms with Gasteiger partial charge in [0.1, 0.15) is 0 Å². The molecule has 0 atom stereocenters. The molecule has 0 bridgehead atoms. The van der Waals surface area contributed by atoms with Gasteiger partial charge in [0, 0.05) is 30.2 Å². The molecule has 0 aromatic heterocycles. The molecule has 1 aliphatic heterocycles. The topological polar surface area (TPSA) is 84.7 Å². The van der Waals surface area contributed by atoms with Crippen LogP contribution in [0.3, 0.4) is 0 Å². The molecule has 3 N–H and O–H groups in total. The van der Waals surface area contributed by atoms with E-state index in [4.69, 9.17) is 10.5 Å². The minimum absolute atomic E-state index is 0.199. The van der Waals surface area contributed by atoms with E-state index in [9.17, 15) is 9.59 Å². The Hall–Kier alpha value is -3.80. The molecule has 1 heterocycles. The van der Waals surface area contributed by atoms with Gasteiger partial charge in [-0.25, -0.2) is 4.79 Å². The van der Waals surface area contributed by atoms with Gasteiger partial charge in [0.05, 0.1) is 18.2 Å². The van der Waals surface area contributed by atoms with E-state index in [1.165, 1.54) is 31.9 Å². The van der Waals surface area contributed by atoms with Gasteiger partial charge in [0.15, 0.2) is 0 Å². The van der Waals surface area contributed by atoms with Crippen molar-refractivity contribution in [1.29, 1.82) is 0 Å². The Morgan fingerprint density at radius 3 is 2.12 bits per heavy atom. The number of nitrogen functional groups attached to an aromatic ring is 1. The second-order valence-electron chi connectivity index (χ2n) is 8.66. The number of anilines is 3. The number of carbonyl (C=O) groups excluding carboxylic acids is 2. The minimum Gasteiger partial charge on any atom is -0.465 e. The SMILES string of the molecule is COC(=O)c1ccc(CCc2ccc(NC(=O)c3cc(N4CCCCC4)ccc3N)cc2)cc1. The number of hydrogen-bond acceptors (Lipinski definition) is 5. The van der Waals surface area contributed by atoms with Crippen molar-refractivity contribution in [1.82, 2.24) is 0 Å². The van der Waals surface area contributed by atoms with Crippen molar-refractivity contribution < 1.29 is 14.3 Å². The summed E-state index contributed by atoms with van der Waals surface area (Å²) in [6.07, 6.45) is 5.33. The lowest BCUT2D eigenvalue weighted by atomic mass is 10.0. The van der Waals surface area contributed by atoms with Crippen LogP contribution in [0.15, 0.2) is 66.7 Å². The fraction of sp³-hybridized carbons (Fsp3) is 0.286. The number of carbonyl (C=O) groups is 2. The molecular formula is C28H31N3O3. The summed E-state index contributed by atoms with van der Waals surface area (Å²) < 4.78 is 4.73. The third kappa shape index (κ3) is 5.76. The van der Waals surface area contributed by atoms with Crippen LogP contribution in [0.1, 0.15) is 51.1 Å². The molecule has 0 radical (unpaired) electrons. The standard InChI is InChI=1S/C28H31N3O3/c1-34-28(33)22-11-7-20(8-12-22)5-6-21-9-13-23(14-10-21)30-27(32)25-19-24(15-16-26(25)29)31-17-3-2-4-18-31/h7-16,19H,2-6,17-18,29H2,1H3,(H,30,32). The fourth-order valence-electron chi connectivity index (χ4n) is 4.26. The Morgan fingerprint density at radius 1 is 0.882 bits per heavy atom. The Kier molecular flexibility index (Phi) is 7.48. The van der Waals surface area contributed by atoms with Gasteiger partial charge in [-0.15, -0.1) is 0 Å². The zero-order valence-electron chi connectivity index (χ0n) is 19.5. The monoisotopic (exact) mass is 457 g/mol. The molecule has 4 rings (SSSR count). The van der Waals surface area contributed by atoms with Crippen LogP contribution in [0, 0.1) is 0 Å². The maximum absolute atomic E-state index is 12.9. The Balaban J connectivity index is 1.35. The third-order valence-electron chi connectivity index (χ3n) is 6.29. The number of piperidine rings is 1. The van der Waals surface area contributed by atoms with Gasteiger partial charge < -0.3 is 20.7 Å². The number of hydrogen-bond donors (Lipinski definition) is 2. The molecule has 6 heteroatoms. The molecule has 1 fully saturated rings. The van der Waals surface area contributed by atoms with E-state index >= 15 is 0 Å². The fourth-order valence-corrected chi connectivity index (χ4v) is 4.26. The van der Waals surface area contributed by atoms with E-state index in [-0.39, 0.29) is 11.9 Å². The van der Waals surface area contributed by atoms with E-state index in [0.717, 1.165) is 42.9 Å². The molecule has 176 valence electrons. The second-order valence-corrected chi connectivity index (χ2v) is 8.66. The highest BCUT2D eigenvalue weighted by molar-refractivity contribution is 6.08. The molecule has 34 heavy (non-hydrogen) atoms. The zero-order chi connectivity index (χ0) is 23.9. The molecule has 1 amide bonds. The largest absolute Gasteiger partial charge is 0.465 e. The smallest absolute Gasteiger partial charge is 0.337 e. The molecule has 3 aromatic rings. The quantitative estimate of drug-likeness (QED) is 0.382. The number of amides is 1. The van der Waals surface area contributed by atoms with Gasteiger partial charge >= 0.3 is 5.97 Å². The van der Waals surface area contributed by atoms with Crippen molar-refractivity contribution in [2.75, 3.05) is 36.1 Å². The first-order valence-corrected chi connectivity index (χ1v) is 11.8. The van der Waals surface area contributed by atoms with E-state index in [0.29, 0.717) is 16.8 Å². The van der Waals surface area contributed by atoms with Crippen molar-refractivity contribution in [3.05, 3.63) is 89.0 Å². The van der Waals surface area contributed by atoms with Crippen LogP contribution in [0.25, 0.3) is 0 Å². The predicted octanol–water partition coefficient (Wildman–Crippen LogP) is 5.08. The number of nitrogens with two attached hydrogens (primary N) is 1. The normalized spacial score (nSPS) is 13.4. The molecule has 0 aliphatic carbocycles. The Labute approximate surface area is 200 Å². The van der Waals surface area contributed by atoms with Crippen LogP contribution in [0.2, 0.25) is 0 Å². The number of nitrogens with zero attached hydrogens (tertiary/aromatic N) is 1. The number of esters is 1. The molecule has 0 saturated carbocycles. The summed E-state index contributed by atoms with van der Waals surface area (Å²) in [5.41, 5.74) is 11.8. The third-order valence-corrected chi connectivity index (χ3v) is 6.29. The van der Waals surface area contributed by atoms with Crippen LogP contribution in [0.5, 0.6) is 0 Å². The van der Waals surface area contributed by atoms with E-state index in [2.05, 4.69) is 10.2 Å². The number of methoxy groups -OCH3 is 1. The predicted molar refractivity (Wildman–Crippen MR) is 137 cm³/mol. The molecular weight excluding hydrogens is 426 g/mol. The van der Waals surface area contributed by atoms with Gasteiger partial charge in [-0.05, 0) is 85.7 Å². The lowest BCUT2D eigenvalue weighted by Gasteiger charge is -2.29. The van der Waals surface area contributed by atoms with Gasteiger partial charge in [-0.3, -0.25) is 4.79 Å². The number of ether oxygens (including phenoxy) is 1. The first-order chi connectivity index (χ1) is 16.5. The Morgan fingerprint density at radius 2 is 1.50 bits per heavy atom. The summed E-state index contributed by atoms with van der Waals surface area (Å²) >= 11 is 0. The van der Waals surface area contributed by atoms with Gasteiger partial charge in [0.2, 0.25) is 0 Å². The number of benzene rings is 3. The van der Waals surface area contributed by atoms with Gasteiger partial charge in [0.25, 0.3) is 5.91 Å². The van der Waals surface area contributed by atoms with Crippen LogP contribution < -0.4 is 16.0 Å². The molecule has 0 unspecified atom stereocenters. The highest BCUT2D eigenvalue weighted by Gasteiger charge is 2.16. The number of aryl methyl sites for hydroxylation is 2. The summed E-state index contributed by atoms with van der Waals surface area (Å²) in [6.45, 7) is 2.03. The number of nitrogens with one attached hydrogen (secondary N) is 1. The summed E-state index contributed by atoms with van der Waals surface area (Å²) in [4.78, 5) is 26.8. The molecule has 0 spiro atoms. The first kappa shape index (κ1) is 23.4. The molecule has 6 nitrogen and oxygen atoms in total. The van der Waals surface area contributed by atoms with Crippen LogP contribution in [-0.2, 0) is 17.6 Å². The minimum atomic E-state index is -0.329. The second kappa shape index (κ2) is 10.9. The van der Waals surface area contributed by atoms with Crippen LogP contribution in [-0.4, -0.2) is 32.1 Å². The maximum atomic E-state index is 12.9. The van der Waals surface area contributed by atoms with Crippen molar-refractivity contribution >= 4 is 28.9 Å². The van der Waals surface area contributed by atoms with Crippen molar-refractivity contribution in [2.24, 2.45) is 0 Å². The van der Waals surface area contributed by atoms with E-state index in [1.807, 2.05) is 54.6 Å².